The van der Waals surface area contributed by atoms with Crippen molar-refractivity contribution in [3.63, 3.8) is 0 Å². The summed E-state index contributed by atoms with van der Waals surface area (Å²) in [5.74, 6) is 1.85. The van der Waals surface area contributed by atoms with Gasteiger partial charge in [-0.15, -0.1) is 0 Å². The van der Waals surface area contributed by atoms with Crippen LogP contribution in [0.5, 0.6) is 0 Å². The molecule has 2 aromatic carbocycles. The van der Waals surface area contributed by atoms with Crippen molar-refractivity contribution in [2.45, 2.75) is 25.0 Å². The number of benzene rings is 2. The van der Waals surface area contributed by atoms with Crippen LogP contribution >= 0.6 is 11.8 Å². The minimum absolute atomic E-state index is 0.164. The molecular weight excluding hydrogens is 368 g/mol. The SMILES string of the molecule is C[C@H]1CCCN(C(=O)CSc2nc(-c3ccccc3)c(-c3ccccc3)o2)C1. The van der Waals surface area contributed by atoms with E-state index in [4.69, 9.17) is 9.40 Å². The Morgan fingerprint density at radius 3 is 2.46 bits per heavy atom. The van der Waals surface area contributed by atoms with E-state index in [0.29, 0.717) is 16.9 Å². The average Bonchev–Trinajstić information content (AvgIpc) is 3.18. The highest BCUT2D eigenvalue weighted by molar-refractivity contribution is 7.99. The summed E-state index contributed by atoms with van der Waals surface area (Å²) in [4.78, 5) is 19.3. The summed E-state index contributed by atoms with van der Waals surface area (Å²) < 4.78 is 6.10. The van der Waals surface area contributed by atoms with Crippen LogP contribution in [0.25, 0.3) is 22.6 Å². The van der Waals surface area contributed by atoms with Crippen molar-refractivity contribution in [2.75, 3.05) is 18.8 Å². The van der Waals surface area contributed by atoms with Crippen molar-refractivity contribution in [1.82, 2.24) is 9.88 Å². The van der Waals surface area contributed by atoms with E-state index < -0.39 is 0 Å². The highest BCUT2D eigenvalue weighted by Crippen LogP contribution is 2.35. The van der Waals surface area contributed by atoms with Gasteiger partial charge in [0, 0.05) is 24.2 Å². The number of rotatable bonds is 5. The second-order valence-electron chi connectivity index (χ2n) is 7.27. The Bertz CT molecular complexity index is 867. The van der Waals surface area contributed by atoms with E-state index in [0.717, 1.165) is 42.1 Å². The zero-order valence-corrected chi connectivity index (χ0v) is 16.8. The number of thioether (sulfide) groups is 1. The molecule has 4 nitrogen and oxygen atoms in total. The largest absolute Gasteiger partial charge is 0.431 e. The van der Waals surface area contributed by atoms with Crippen LogP contribution < -0.4 is 0 Å². The van der Waals surface area contributed by atoms with Crippen molar-refractivity contribution >= 4 is 17.7 Å². The lowest BCUT2D eigenvalue weighted by molar-refractivity contribution is -0.130. The van der Waals surface area contributed by atoms with Crippen molar-refractivity contribution < 1.29 is 9.21 Å². The molecule has 0 radical (unpaired) electrons. The van der Waals surface area contributed by atoms with Crippen LogP contribution in [0.3, 0.4) is 0 Å². The first-order valence-electron chi connectivity index (χ1n) is 9.73. The van der Waals surface area contributed by atoms with Gasteiger partial charge in [-0.3, -0.25) is 4.79 Å². The predicted octanol–water partition coefficient (Wildman–Crippen LogP) is 5.36. The fraction of sp³-hybridized carbons (Fsp3) is 0.304. The number of carbonyl (C=O) groups excluding carboxylic acids is 1. The monoisotopic (exact) mass is 392 g/mol. The number of nitrogens with zero attached hydrogens (tertiary/aromatic N) is 2. The van der Waals surface area contributed by atoms with E-state index in [1.165, 1.54) is 18.2 Å². The third-order valence-corrected chi connectivity index (χ3v) is 5.83. The Labute approximate surface area is 170 Å². The van der Waals surface area contributed by atoms with E-state index in [9.17, 15) is 4.79 Å². The van der Waals surface area contributed by atoms with Crippen molar-refractivity contribution in [1.29, 1.82) is 0 Å². The molecule has 4 rings (SSSR count). The molecule has 144 valence electrons. The third-order valence-electron chi connectivity index (χ3n) is 5.02. The molecule has 0 spiro atoms. The smallest absolute Gasteiger partial charge is 0.257 e. The third kappa shape index (κ3) is 4.30. The van der Waals surface area contributed by atoms with Crippen LogP contribution in [-0.2, 0) is 4.79 Å². The van der Waals surface area contributed by atoms with Gasteiger partial charge in [0.1, 0.15) is 5.69 Å². The Kier molecular flexibility index (Phi) is 5.81. The fourth-order valence-corrected chi connectivity index (χ4v) is 4.30. The van der Waals surface area contributed by atoms with Crippen LogP contribution in [0.1, 0.15) is 19.8 Å². The fourth-order valence-electron chi connectivity index (χ4n) is 3.57. The molecule has 0 N–H and O–H groups in total. The Morgan fingerprint density at radius 2 is 1.79 bits per heavy atom. The van der Waals surface area contributed by atoms with E-state index in [1.54, 1.807) is 0 Å². The van der Waals surface area contributed by atoms with Crippen molar-refractivity contribution in [2.24, 2.45) is 5.92 Å². The van der Waals surface area contributed by atoms with Crippen molar-refractivity contribution in [3.8, 4) is 22.6 Å². The molecule has 1 fully saturated rings. The van der Waals surface area contributed by atoms with E-state index in [1.807, 2.05) is 65.6 Å². The molecular formula is C23H24N2O2S. The molecule has 1 amide bonds. The minimum atomic E-state index is 0.164. The van der Waals surface area contributed by atoms with Crippen LogP contribution in [0.4, 0.5) is 0 Å². The number of hydrogen-bond donors (Lipinski definition) is 0. The Balaban J connectivity index is 1.55. The Morgan fingerprint density at radius 1 is 1.11 bits per heavy atom. The summed E-state index contributed by atoms with van der Waals surface area (Å²) in [5, 5.41) is 0.538. The van der Waals surface area contributed by atoms with Crippen LogP contribution in [0, 0.1) is 5.92 Å². The molecule has 1 atom stereocenters. The lowest BCUT2D eigenvalue weighted by Gasteiger charge is -2.30. The topological polar surface area (TPSA) is 46.3 Å². The molecule has 1 aromatic heterocycles. The molecule has 2 heterocycles. The van der Waals surface area contributed by atoms with E-state index >= 15 is 0 Å². The van der Waals surface area contributed by atoms with E-state index in [-0.39, 0.29) is 5.91 Å². The summed E-state index contributed by atoms with van der Waals surface area (Å²) in [6.07, 6.45) is 2.30. The van der Waals surface area contributed by atoms with Crippen molar-refractivity contribution in [3.05, 3.63) is 60.7 Å². The van der Waals surface area contributed by atoms with Gasteiger partial charge in [-0.1, -0.05) is 79.3 Å². The lowest BCUT2D eigenvalue weighted by Crippen LogP contribution is -2.40. The molecule has 28 heavy (non-hydrogen) atoms. The summed E-state index contributed by atoms with van der Waals surface area (Å²) in [7, 11) is 0. The molecule has 5 heteroatoms. The maximum Gasteiger partial charge on any atom is 0.257 e. The van der Waals surface area contributed by atoms with Gasteiger partial charge in [-0.25, -0.2) is 4.98 Å². The molecule has 0 unspecified atom stereocenters. The first kappa shape index (κ1) is 18.8. The molecule has 1 aliphatic heterocycles. The maximum atomic E-state index is 12.6. The number of carbonyl (C=O) groups is 1. The quantitative estimate of drug-likeness (QED) is 0.549. The molecule has 0 aliphatic carbocycles. The first-order chi connectivity index (χ1) is 13.7. The first-order valence-corrected chi connectivity index (χ1v) is 10.7. The zero-order valence-electron chi connectivity index (χ0n) is 16.0. The number of hydrogen-bond acceptors (Lipinski definition) is 4. The molecule has 0 bridgehead atoms. The summed E-state index contributed by atoms with van der Waals surface area (Å²) in [6.45, 7) is 3.92. The van der Waals surface area contributed by atoms with Gasteiger partial charge in [-0.05, 0) is 18.8 Å². The molecule has 3 aromatic rings. The average molecular weight is 393 g/mol. The highest BCUT2D eigenvalue weighted by Gasteiger charge is 2.22. The van der Waals surface area contributed by atoms with Gasteiger partial charge in [-0.2, -0.15) is 0 Å². The van der Waals surface area contributed by atoms with Crippen LogP contribution in [-0.4, -0.2) is 34.6 Å². The van der Waals surface area contributed by atoms with E-state index in [2.05, 4.69) is 6.92 Å². The van der Waals surface area contributed by atoms with Gasteiger partial charge in [0.25, 0.3) is 5.22 Å². The van der Waals surface area contributed by atoms with Gasteiger partial charge in [0.05, 0.1) is 5.75 Å². The van der Waals surface area contributed by atoms with Crippen LogP contribution in [0.15, 0.2) is 70.3 Å². The minimum Gasteiger partial charge on any atom is -0.431 e. The van der Waals surface area contributed by atoms with Gasteiger partial charge in [0.15, 0.2) is 5.76 Å². The molecule has 1 aliphatic rings. The zero-order chi connectivity index (χ0) is 19.3. The number of likely N-dealkylation sites (tertiary alicyclic amines) is 1. The second kappa shape index (κ2) is 8.65. The number of piperidine rings is 1. The number of amides is 1. The maximum absolute atomic E-state index is 12.6. The molecule has 0 saturated carbocycles. The second-order valence-corrected chi connectivity index (χ2v) is 8.19. The standard InChI is InChI=1S/C23H24N2O2S/c1-17-9-8-14-25(15-17)20(26)16-28-23-24-21(18-10-4-2-5-11-18)22(27-23)19-12-6-3-7-13-19/h2-7,10-13,17H,8-9,14-16H2,1H3/t17-/m0/s1. The Hall–Kier alpha value is -2.53. The lowest BCUT2D eigenvalue weighted by atomic mass is 10.0. The number of aromatic nitrogens is 1. The number of oxazole rings is 1. The normalized spacial score (nSPS) is 16.9. The predicted molar refractivity (Wildman–Crippen MR) is 113 cm³/mol. The van der Waals surface area contributed by atoms with Gasteiger partial charge >= 0.3 is 0 Å². The summed E-state index contributed by atoms with van der Waals surface area (Å²) in [6, 6.07) is 20.0. The summed E-state index contributed by atoms with van der Waals surface area (Å²) >= 11 is 1.38. The molecule has 1 saturated heterocycles. The van der Waals surface area contributed by atoms with Crippen LogP contribution in [0.2, 0.25) is 0 Å². The van der Waals surface area contributed by atoms with Gasteiger partial charge in [0.2, 0.25) is 5.91 Å². The summed E-state index contributed by atoms with van der Waals surface area (Å²) in [5.41, 5.74) is 2.80. The highest BCUT2D eigenvalue weighted by atomic mass is 32.2. The van der Waals surface area contributed by atoms with Gasteiger partial charge < -0.3 is 9.32 Å².